The minimum Gasteiger partial charge on any atom is -0.354 e. The Morgan fingerprint density at radius 3 is 2.42 bits per heavy atom. The second-order valence-corrected chi connectivity index (χ2v) is 7.13. The van der Waals surface area contributed by atoms with E-state index in [-0.39, 0.29) is 23.6 Å². The fraction of sp³-hybridized carbons (Fsp3) is 0.238. The van der Waals surface area contributed by atoms with Crippen molar-refractivity contribution in [2.45, 2.75) is 13.0 Å². The van der Waals surface area contributed by atoms with Gasteiger partial charge in [0.2, 0.25) is 5.91 Å². The number of aryl methyl sites for hydroxylation is 1. The SMILES string of the molecule is Cn1c(=O)c2c(ncn2CC(=O)NCCc2cnc(-c3ccccc3)nc2)n(C)c1=O. The Morgan fingerprint density at radius 1 is 1.00 bits per heavy atom. The molecule has 0 aliphatic carbocycles. The summed E-state index contributed by atoms with van der Waals surface area (Å²) in [6.45, 7) is 0.323. The van der Waals surface area contributed by atoms with Crippen LogP contribution in [0.5, 0.6) is 0 Å². The van der Waals surface area contributed by atoms with Crippen LogP contribution in [0.1, 0.15) is 5.56 Å². The third kappa shape index (κ3) is 4.00. The minimum atomic E-state index is -0.487. The van der Waals surface area contributed by atoms with E-state index in [4.69, 9.17) is 0 Å². The molecule has 158 valence electrons. The van der Waals surface area contributed by atoms with Crippen LogP contribution in [0.4, 0.5) is 0 Å². The number of hydrogen-bond acceptors (Lipinski definition) is 6. The molecule has 0 saturated carbocycles. The maximum Gasteiger partial charge on any atom is 0.332 e. The van der Waals surface area contributed by atoms with Gasteiger partial charge in [-0.3, -0.25) is 18.7 Å². The van der Waals surface area contributed by atoms with Gasteiger partial charge in [0.05, 0.1) is 6.33 Å². The first kappa shape index (κ1) is 20.2. The average Bonchev–Trinajstić information content (AvgIpc) is 3.21. The van der Waals surface area contributed by atoms with Crippen LogP contribution in [0, 0.1) is 0 Å². The van der Waals surface area contributed by atoms with Gasteiger partial charge in [-0.25, -0.2) is 19.7 Å². The van der Waals surface area contributed by atoms with Gasteiger partial charge < -0.3 is 9.88 Å². The first-order chi connectivity index (χ1) is 15.0. The van der Waals surface area contributed by atoms with Crippen molar-refractivity contribution in [2.24, 2.45) is 14.1 Å². The second-order valence-electron chi connectivity index (χ2n) is 7.13. The van der Waals surface area contributed by atoms with E-state index in [1.165, 1.54) is 29.6 Å². The molecular formula is C21H21N7O3. The number of rotatable bonds is 6. The lowest BCUT2D eigenvalue weighted by Gasteiger charge is -2.08. The number of fused-ring (bicyclic) bond motifs is 1. The third-order valence-corrected chi connectivity index (χ3v) is 5.00. The van der Waals surface area contributed by atoms with E-state index in [1.54, 1.807) is 12.4 Å². The maximum atomic E-state index is 12.4. The van der Waals surface area contributed by atoms with Crippen molar-refractivity contribution in [3.05, 3.63) is 75.5 Å². The lowest BCUT2D eigenvalue weighted by molar-refractivity contribution is -0.121. The summed E-state index contributed by atoms with van der Waals surface area (Å²) in [5.41, 5.74) is 1.35. The van der Waals surface area contributed by atoms with Crippen molar-refractivity contribution >= 4 is 17.1 Å². The molecule has 1 N–H and O–H groups in total. The van der Waals surface area contributed by atoms with Gasteiger partial charge >= 0.3 is 5.69 Å². The predicted molar refractivity (Wildman–Crippen MR) is 114 cm³/mol. The number of nitrogens with zero attached hydrogens (tertiary/aromatic N) is 6. The van der Waals surface area contributed by atoms with Gasteiger partial charge in [0.15, 0.2) is 17.0 Å². The van der Waals surface area contributed by atoms with E-state index in [2.05, 4.69) is 20.3 Å². The summed E-state index contributed by atoms with van der Waals surface area (Å²) < 4.78 is 3.73. The van der Waals surface area contributed by atoms with Crippen LogP contribution in [0.2, 0.25) is 0 Å². The van der Waals surface area contributed by atoms with Crippen molar-refractivity contribution in [3.8, 4) is 11.4 Å². The topological polar surface area (TPSA) is 117 Å². The van der Waals surface area contributed by atoms with Crippen LogP contribution in [0.25, 0.3) is 22.6 Å². The molecule has 10 nitrogen and oxygen atoms in total. The number of aromatic nitrogens is 6. The molecule has 3 heterocycles. The highest BCUT2D eigenvalue weighted by molar-refractivity contribution is 5.78. The molecule has 4 rings (SSSR count). The lowest BCUT2D eigenvalue weighted by Crippen LogP contribution is -2.38. The molecule has 31 heavy (non-hydrogen) atoms. The van der Waals surface area contributed by atoms with Crippen molar-refractivity contribution < 1.29 is 4.79 Å². The molecule has 1 aromatic carbocycles. The summed E-state index contributed by atoms with van der Waals surface area (Å²) in [6.07, 6.45) is 5.45. The monoisotopic (exact) mass is 419 g/mol. The van der Waals surface area contributed by atoms with E-state index < -0.39 is 11.2 Å². The molecular weight excluding hydrogens is 398 g/mol. The van der Waals surface area contributed by atoms with E-state index in [0.717, 1.165) is 15.7 Å². The Bertz CT molecular complexity index is 1350. The predicted octanol–water partition coefficient (Wildman–Crippen LogP) is 0.250. The normalized spacial score (nSPS) is 11.0. The molecule has 0 saturated heterocycles. The quantitative estimate of drug-likeness (QED) is 0.479. The van der Waals surface area contributed by atoms with Gasteiger partial charge in [-0.2, -0.15) is 0 Å². The number of hydrogen-bond donors (Lipinski definition) is 1. The molecule has 0 spiro atoms. The number of carbonyl (C=O) groups is 1. The molecule has 0 aliphatic heterocycles. The van der Waals surface area contributed by atoms with E-state index in [1.807, 2.05) is 30.3 Å². The highest BCUT2D eigenvalue weighted by Crippen LogP contribution is 2.13. The van der Waals surface area contributed by atoms with Gasteiger partial charge in [0, 0.05) is 38.6 Å². The van der Waals surface area contributed by atoms with Crippen LogP contribution in [-0.4, -0.2) is 41.1 Å². The number of imidazole rings is 1. The smallest absolute Gasteiger partial charge is 0.332 e. The summed E-state index contributed by atoms with van der Waals surface area (Å²) in [7, 11) is 2.93. The lowest BCUT2D eigenvalue weighted by atomic mass is 10.2. The van der Waals surface area contributed by atoms with Gasteiger partial charge in [0.25, 0.3) is 5.56 Å². The summed E-state index contributed by atoms with van der Waals surface area (Å²) in [4.78, 5) is 49.7. The van der Waals surface area contributed by atoms with Crippen LogP contribution >= 0.6 is 0 Å². The summed E-state index contributed by atoms with van der Waals surface area (Å²) in [5, 5.41) is 2.82. The Labute approximate surface area is 176 Å². The highest BCUT2D eigenvalue weighted by Gasteiger charge is 2.15. The van der Waals surface area contributed by atoms with Gasteiger partial charge in [-0.15, -0.1) is 0 Å². The fourth-order valence-electron chi connectivity index (χ4n) is 3.29. The fourth-order valence-corrected chi connectivity index (χ4v) is 3.29. The van der Waals surface area contributed by atoms with E-state index >= 15 is 0 Å². The number of carbonyl (C=O) groups excluding carboxylic acids is 1. The third-order valence-electron chi connectivity index (χ3n) is 5.00. The summed E-state index contributed by atoms with van der Waals surface area (Å²) in [5.74, 6) is 0.383. The van der Waals surface area contributed by atoms with Crippen molar-refractivity contribution in [1.29, 1.82) is 0 Å². The van der Waals surface area contributed by atoms with Crippen molar-refractivity contribution in [3.63, 3.8) is 0 Å². The number of amides is 1. The van der Waals surface area contributed by atoms with Crippen LogP contribution in [0.3, 0.4) is 0 Å². The maximum absolute atomic E-state index is 12.4. The highest BCUT2D eigenvalue weighted by atomic mass is 16.2. The first-order valence-corrected chi connectivity index (χ1v) is 9.69. The molecule has 0 aliphatic rings. The van der Waals surface area contributed by atoms with Crippen LogP contribution < -0.4 is 16.6 Å². The molecule has 0 atom stereocenters. The molecule has 0 radical (unpaired) electrons. The van der Waals surface area contributed by atoms with Gasteiger partial charge in [-0.05, 0) is 12.0 Å². The van der Waals surface area contributed by atoms with Crippen LogP contribution in [-0.2, 0) is 31.9 Å². The summed E-state index contributed by atoms with van der Waals surface area (Å²) in [6, 6.07) is 9.69. The zero-order valence-electron chi connectivity index (χ0n) is 17.1. The molecule has 1 amide bonds. The average molecular weight is 419 g/mol. The standard InChI is InChI=1S/C21H21N7O3/c1-26-19-17(20(30)27(2)21(26)31)28(13-25-19)12-16(29)22-9-8-14-10-23-18(24-11-14)15-6-4-3-5-7-15/h3-7,10-11,13H,8-9,12H2,1-2H3,(H,22,29). The molecule has 4 aromatic rings. The molecule has 10 heteroatoms. The Morgan fingerprint density at radius 2 is 1.71 bits per heavy atom. The first-order valence-electron chi connectivity index (χ1n) is 9.69. The Kier molecular flexibility index (Phi) is 5.44. The van der Waals surface area contributed by atoms with E-state index in [9.17, 15) is 14.4 Å². The van der Waals surface area contributed by atoms with Crippen molar-refractivity contribution in [1.82, 2.24) is 34.0 Å². The Balaban J connectivity index is 1.38. The minimum absolute atomic E-state index is 0.0760. The van der Waals surface area contributed by atoms with Gasteiger partial charge in [0.1, 0.15) is 6.54 Å². The second kappa shape index (κ2) is 8.34. The largest absolute Gasteiger partial charge is 0.354 e. The Hall–Kier alpha value is -4.08. The zero-order valence-corrected chi connectivity index (χ0v) is 17.1. The number of nitrogens with one attached hydrogen (secondary N) is 1. The van der Waals surface area contributed by atoms with E-state index in [0.29, 0.717) is 18.8 Å². The zero-order chi connectivity index (χ0) is 22.0. The molecule has 0 bridgehead atoms. The molecule has 0 unspecified atom stereocenters. The number of benzene rings is 1. The van der Waals surface area contributed by atoms with Gasteiger partial charge in [-0.1, -0.05) is 30.3 Å². The molecule has 0 fully saturated rings. The van der Waals surface area contributed by atoms with Crippen molar-refractivity contribution in [2.75, 3.05) is 6.54 Å². The summed E-state index contributed by atoms with van der Waals surface area (Å²) >= 11 is 0. The van der Waals surface area contributed by atoms with Crippen LogP contribution in [0.15, 0.2) is 58.6 Å². The molecule has 3 aromatic heterocycles.